The summed E-state index contributed by atoms with van der Waals surface area (Å²) in [5.41, 5.74) is 2.30. The molecule has 0 bridgehead atoms. The molecule has 0 N–H and O–H groups in total. The lowest BCUT2D eigenvalue weighted by molar-refractivity contribution is 0.341. The van der Waals surface area contributed by atoms with Gasteiger partial charge in [0.05, 0.1) is 21.4 Å². The van der Waals surface area contributed by atoms with E-state index in [0.717, 1.165) is 31.0 Å². The zero-order valence-electron chi connectivity index (χ0n) is 11.5. The van der Waals surface area contributed by atoms with Crippen molar-refractivity contribution in [2.45, 2.75) is 13.5 Å². The van der Waals surface area contributed by atoms with E-state index in [9.17, 15) is 0 Å². The first-order chi connectivity index (χ1) is 10.2. The summed E-state index contributed by atoms with van der Waals surface area (Å²) in [5.74, 6) is 1.65. The van der Waals surface area contributed by atoms with Crippen LogP contribution in [0.2, 0.25) is 5.02 Å². The van der Waals surface area contributed by atoms with Crippen LogP contribution in [-0.2, 0) is 6.54 Å². The minimum atomic E-state index is 0.590. The van der Waals surface area contributed by atoms with E-state index in [4.69, 9.17) is 11.6 Å². The van der Waals surface area contributed by atoms with Crippen LogP contribution in [0.5, 0.6) is 0 Å². The normalized spacial score (nSPS) is 15.6. The van der Waals surface area contributed by atoms with Crippen LogP contribution < -0.4 is 4.90 Å². The van der Waals surface area contributed by atoms with Crippen molar-refractivity contribution >= 4 is 39.0 Å². The van der Waals surface area contributed by atoms with Gasteiger partial charge in [0.2, 0.25) is 0 Å². The van der Waals surface area contributed by atoms with Gasteiger partial charge in [-0.1, -0.05) is 11.6 Å². The summed E-state index contributed by atoms with van der Waals surface area (Å²) in [4.78, 5) is 11.2. The van der Waals surface area contributed by atoms with Crippen molar-refractivity contribution < 1.29 is 0 Å². The van der Waals surface area contributed by atoms with E-state index in [1.54, 1.807) is 23.9 Å². The number of anilines is 1. The van der Waals surface area contributed by atoms with E-state index in [1.807, 2.05) is 10.9 Å². The highest BCUT2D eigenvalue weighted by Crippen LogP contribution is 2.34. The predicted molar refractivity (Wildman–Crippen MR) is 85.1 cm³/mol. The molecule has 0 atom stereocenters. The van der Waals surface area contributed by atoms with Gasteiger partial charge in [-0.05, 0) is 17.9 Å². The molecule has 1 aliphatic heterocycles. The summed E-state index contributed by atoms with van der Waals surface area (Å²) in [6, 6.07) is 0. The molecule has 0 aliphatic carbocycles. The van der Waals surface area contributed by atoms with Gasteiger partial charge in [0.1, 0.15) is 12.1 Å². The minimum absolute atomic E-state index is 0.590. The van der Waals surface area contributed by atoms with Crippen molar-refractivity contribution in [2.24, 2.45) is 5.92 Å². The van der Waals surface area contributed by atoms with Crippen LogP contribution in [0.3, 0.4) is 0 Å². The molecule has 0 spiro atoms. The topological polar surface area (TPSA) is 46.8 Å². The molecule has 1 fully saturated rings. The molecule has 4 heterocycles. The summed E-state index contributed by atoms with van der Waals surface area (Å²) in [7, 11) is 0. The average Bonchev–Trinajstić information content (AvgIpc) is 3.01. The van der Waals surface area contributed by atoms with Gasteiger partial charge in [0.15, 0.2) is 0 Å². The molecular formula is C14H14ClN5S. The van der Waals surface area contributed by atoms with Gasteiger partial charge in [0, 0.05) is 31.7 Å². The second kappa shape index (κ2) is 4.96. The summed E-state index contributed by atoms with van der Waals surface area (Å²) >= 11 is 7.61. The minimum Gasteiger partial charge on any atom is -0.354 e. The zero-order valence-corrected chi connectivity index (χ0v) is 13.1. The monoisotopic (exact) mass is 319 g/mol. The molecule has 0 saturated carbocycles. The summed E-state index contributed by atoms with van der Waals surface area (Å²) in [5, 5.41) is 7.07. The lowest BCUT2D eigenvalue weighted by Crippen LogP contribution is -2.49. The molecule has 7 heteroatoms. The first kappa shape index (κ1) is 13.0. The number of halogens is 1. The largest absolute Gasteiger partial charge is 0.354 e. The number of aryl methyl sites for hydroxylation is 1. The van der Waals surface area contributed by atoms with Crippen molar-refractivity contribution in [3.8, 4) is 0 Å². The third-order valence-corrected chi connectivity index (χ3v) is 5.09. The Morgan fingerprint density at radius 2 is 2.24 bits per heavy atom. The van der Waals surface area contributed by atoms with Crippen LogP contribution in [0.25, 0.3) is 10.2 Å². The lowest BCUT2D eigenvalue weighted by Gasteiger charge is -2.40. The van der Waals surface area contributed by atoms with Crippen molar-refractivity contribution in [1.82, 2.24) is 19.7 Å². The quantitative estimate of drug-likeness (QED) is 0.744. The maximum atomic E-state index is 5.89. The molecule has 3 aromatic rings. The number of fused-ring (bicyclic) bond motifs is 1. The Morgan fingerprint density at radius 3 is 3.00 bits per heavy atom. The molecule has 1 saturated heterocycles. The molecule has 5 nitrogen and oxygen atoms in total. The zero-order chi connectivity index (χ0) is 14.4. The molecule has 21 heavy (non-hydrogen) atoms. The first-order valence-corrected chi connectivity index (χ1v) is 8.08. The van der Waals surface area contributed by atoms with Crippen LogP contribution in [-0.4, -0.2) is 32.8 Å². The van der Waals surface area contributed by atoms with Crippen molar-refractivity contribution in [1.29, 1.82) is 0 Å². The standard InChI is InChI=1S/C14H14ClN5S/c1-9-7-21-13-12(9)16-8-17-14(13)19-3-10(4-19)5-20-6-11(15)2-18-20/h2,6-8,10H,3-5H2,1H3. The Bertz CT molecular complexity index is 790. The fourth-order valence-corrected chi connectivity index (χ4v) is 3.92. The van der Waals surface area contributed by atoms with Crippen molar-refractivity contribution in [3.05, 3.63) is 34.7 Å². The highest BCUT2D eigenvalue weighted by molar-refractivity contribution is 7.18. The third-order valence-electron chi connectivity index (χ3n) is 3.82. The van der Waals surface area contributed by atoms with Gasteiger partial charge in [-0.25, -0.2) is 9.97 Å². The van der Waals surface area contributed by atoms with E-state index in [0.29, 0.717) is 10.9 Å². The van der Waals surface area contributed by atoms with Crippen LogP contribution in [0.4, 0.5) is 5.82 Å². The van der Waals surface area contributed by atoms with Gasteiger partial charge in [-0.3, -0.25) is 4.68 Å². The molecule has 1 aliphatic rings. The van der Waals surface area contributed by atoms with Crippen molar-refractivity contribution in [2.75, 3.05) is 18.0 Å². The van der Waals surface area contributed by atoms with Crippen LogP contribution in [0.15, 0.2) is 24.1 Å². The van der Waals surface area contributed by atoms with Gasteiger partial charge in [-0.15, -0.1) is 11.3 Å². The highest BCUT2D eigenvalue weighted by atomic mass is 35.5. The smallest absolute Gasteiger partial charge is 0.150 e. The van der Waals surface area contributed by atoms with Crippen LogP contribution >= 0.6 is 22.9 Å². The van der Waals surface area contributed by atoms with Crippen LogP contribution in [0.1, 0.15) is 5.56 Å². The molecule has 0 amide bonds. The number of hydrogen-bond donors (Lipinski definition) is 0. The molecule has 0 radical (unpaired) electrons. The van der Waals surface area contributed by atoms with Gasteiger partial charge in [0.25, 0.3) is 0 Å². The maximum Gasteiger partial charge on any atom is 0.150 e. The van der Waals surface area contributed by atoms with Gasteiger partial charge in [-0.2, -0.15) is 5.10 Å². The van der Waals surface area contributed by atoms with Gasteiger partial charge >= 0.3 is 0 Å². The maximum absolute atomic E-state index is 5.89. The Labute approximate surface area is 131 Å². The first-order valence-electron chi connectivity index (χ1n) is 6.82. The second-order valence-corrected chi connectivity index (χ2v) is 6.76. The van der Waals surface area contributed by atoms with E-state index in [-0.39, 0.29) is 0 Å². The second-order valence-electron chi connectivity index (χ2n) is 5.45. The molecule has 0 unspecified atom stereocenters. The molecule has 4 rings (SSSR count). The Kier molecular flexibility index (Phi) is 3.08. The van der Waals surface area contributed by atoms with E-state index < -0.39 is 0 Å². The molecule has 0 aromatic carbocycles. The highest BCUT2D eigenvalue weighted by Gasteiger charge is 2.30. The molecule has 108 valence electrons. The fraction of sp³-hybridized carbons (Fsp3) is 0.357. The predicted octanol–water partition coefficient (Wildman–Crippen LogP) is 2.99. The summed E-state index contributed by atoms with van der Waals surface area (Å²) in [6.07, 6.45) is 5.22. The average molecular weight is 320 g/mol. The summed E-state index contributed by atoms with van der Waals surface area (Å²) < 4.78 is 3.10. The lowest BCUT2D eigenvalue weighted by atomic mass is 10.0. The Hall–Kier alpha value is -1.66. The number of rotatable bonds is 3. The number of hydrogen-bond acceptors (Lipinski definition) is 5. The van der Waals surface area contributed by atoms with Crippen molar-refractivity contribution in [3.63, 3.8) is 0 Å². The van der Waals surface area contributed by atoms with E-state index in [1.165, 1.54) is 10.3 Å². The van der Waals surface area contributed by atoms with E-state index in [2.05, 4.69) is 32.3 Å². The SMILES string of the molecule is Cc1csc2c(N3CC(Cn4cc(Cl)cn4)C3)ncnc12. The summed E-state index contributed by atoms with van der Waals surface area (Å²) in [6.45, 7) is 5.00. The number of thiophene rings is 1. The van der Waals surface area contributed by atoms with Crippen LogP contribution in [0, 0.1) is 12.8 Å². The fourth-order valence-electron chi connectivity index (χ4n) is 2.74. The third kappa shape index (κ3) is 2.28. The Balaban J connectivity index is 1.49. The molecule has 3 aromatic heterocycles. The number of nitrogens with zero attached hydrogens (tertiary/aromatic N) is 5. The Morgan fingerprint density at radius 1 is 1.38 bits per heavy atom. The number of aromatic nitrogens is 4. The van der Waals surface area contributed by atoms with Gasteiger partial charge < -0.3 is 4.90 Å². The molecular weight excluding hydrogens is 306 g/mol. The van der Waals surface area contributed by atoms with E-state index >= 15 is 0 Å².